The van der Waals surface area contributed by atoms with Gasteiger partial charge in [0.25, 0.3) is 5.91 Å². The van der Waals surface area contributed by atoms with Gasteiger partial charge in [-0.05, 0) is 30.3 Å². The Morgan fingerprint density at radius 3 is 2.56 bits per heavy atom. The van der Waals surface area contributed by atoms with E-state index < -0.39 is 23.8 Å². The van der Waals surface area contributed by atoms with Crippen LogP contribution >= 0.6 is 11.6 Å². The SMILES string of the molecule is COc1ccccc1CN=C[C@@H]1C(=O)NC(=O)N(c2ccc(Cl)cc2)C1=O. The Morgan fingerprint density at radius 1 is 1.15 bits per heavy atom. The standard InChI is InChI=1S/C19H16ClN3O4/c1-27-16-5-3-2-4-12(16)10-21-11-15-17(24)22-19(26)23(18(15)25)14-8-6-13(20)7-9-14/h2-9,11,15H,10H2,1H3,(H,22,24,26)/t15-/m1/s1. The maximum absolute atomic E-state index is 12.7. The van der Waals surface area contributed by atoms with E-state index in [0.717, 1.165) is 10.5 Å². The summed E-state index contributed by atoms with van der Waals surface area (Å²) in [5, 5.41) is 2.64. The highest BCUT2D eigenvalue weighted by atomic mass is 35.5. The van der Waals surface area contributed by atoms with Crippen LogP contribution in [0.2, 0.25) is 5.02 Å². The van der Waals surface area contributed by atoms with Gasteiger partial charge in [-0.3, -0.25) is 19.9 Å². The molecule has 1 N–H and O–H groups in total. The van der Waals surface area contributed by atoms with Crippen molar-refractivity contribution in [3.63, 3.8) is 0 Å². The number of methoxy groups -OCH3 is 1. The molecule has 0 spiro atoms. The summed E-state index contributed by atoms with van der Waals surface area (Å²) < 4.78 is 5.24. The van der Waals surface area contributed by atoms with Crippen molar-refractivity contribution in [3.05, 3.63) is 59.1 Å². The highest BCUT2D eigenvalue weighted by molar-refractivity contribution is 6.33. The molecule has 1 aliphatic heterocycles. The average molecular weight is 386 g/mol. The van der Waals surface area contributed by atoms with Crippen LogP contribution in [0, 0.1) is 5.92 Å². The first kappa shape index (κ1) is 18.6. The molecule has 1 fully saturated rings. The maximum Gasteiger partial charge on any atom is 0.335 e. The van der Waals surface area contributed by atoms with Gasteiger partial charge >= 0.3 is 6.03 Å². The minimum absolute atomic E-state index is 0.232. The number of ether oxygens (including phenoxy) is 1. The number of anilines is 1. The molecular formula is C19H16ClN3O4. The third-order valence-corrected chi connectivity index (χ3v) is 4.25. The molecule has 2 aromatic carbocycles. The van der Waals surface area contributed by atoms with E-state index in [1.165, 1.54) is 18.3 Å². The molecule has 2 aromatic rings. The normalized spacial score (nSPS) is 17.3. The Bertz CT molecular complexity index is 911. The van der Waals surface area contributed by atoms with Gasteiger partial charge < -0.3 is 4.74 Å². The van der Waals surface area contributed by atoms with Gasteiger partial charge in [0.05, 0.1) is 19.3 Å². The van der Waals surface area contributed by atoms with Gasteiger partial charge in [0.15, 0.2) is 5.92 Å². The largest absolute Gasteiger partial charge is 0.496 e. The number of hydrogen-bond acceptors (Lipinski definition) is 5. The zero-order valence-electron chi connectivity index (χ0n) is 14.4. The number of carbonyl (C=O) groups excluding carboxylic acids is 3. The first-order valence-corrected chi connectivity index (χ1v) is 8.45. The topological polar surface area (TPSA) is 88.1 Å². The number of amides is 4. The van der Waals surface area contributed by atoms with Crippen molar-refractivity contribution in [2.45, 2.75) is 6.54 Å². The molecule has 4 amide bonds. The molecule has 1 saturated heterocycles. The van der Waals surface area contributed by atoms with Crippen molar-refractivity contribution >= 4 is 41.3 Å². The molecule has 0 aromatic heterocycles. The molecule has 1 atom stereocenters. The van der Waals surface area contributed by atoms with Crippen LogP contribution < -0.4 is 15.0 Å². The van der Waals surface area contributed by atoms with Gasteiger partial charge in [-0.25, -0.2) is 9.69 Å². The van der Waals surface area contributed by atoms with Crippen LogP contribution in [0.4, 0.5) is 10.5 Å². The highest BCUT2D eigenvalue weighted by Crippen LogP contribution is 2.23. The summed E-state index contributed by atoms with van der Waals surface area (Å²) in [5.41, 5.74) is 1.13. The van der Waals surface area contributed by atoms with Crippen molar-refractivity contribution in [2.24, 2.45) is 10.9 Å². The number of nitrogens with zero attached hydrogens (tertiary/aromatic N) is 2. The third-order valence-electron chi connectivity index (χ3n) is 4.00. The first-order chi connectivity index (χ1) is 13.0. The van der Waals surface area contributed by atoms with Crippen LogP contribution in [0.1, 0.15) is 5.56 Å². The summed E-state index contributed by atoms with van der Waals surface area (Å²) in [6.45, 7) is 0.232. The number of urea groups is 1. The van der Waals surface area contributed by atoms with E-state index in [9.17, 15) is 14.4 Å². The second kappa shape index (κ2) is 8.01. The van der Waals surface area contributed by atoms with Crippen LogP contribution in [0.3, 0.4) is 0 Å². The smallest absolute Gasteiger partial charge is 0.335 e. The molecule has 8 heteroatoms. The van der Waals surface area contributed by atoms with E-state index in [0.29, 0.717) is 16.5 Å². The number of halogens is 1. The molecule has 0 radical (unpaired) electrons. The van der Waals surface area contributed by atoms with Crippen LogP contribution in [0.25, 0.3) is 0 Å². The summed E-state index contributed by atoms with van der Waals surface area (Å²) in [4.78, 5) is 42.0. The number of nitrogens with one attached hydrogen (secondary N) is 1. The van der Waals surface area contributed by atoms with Crippen molar-refractivity contribution in [1.29, 1.82) is 0 Å². The zero-order valence-corrected chi connectivity index (χ0v) is 15.1. The Labute approximate surface area is 160 Å². The Kier molecular flexibility index (Phi) is 5.52. The van der Waals surface area contributed by atoms with Gasteiger partial charge in [0.1, 0.15) is 5.75 Å². The number of benzene rings is 2. The zero-order chi connectivity index (χ0) is 19.4. The number of hydrogen-bond donors (Lipinski definition) is 1. The molecule has 138 valence electrons. The van der Waals surface area contributed by atoms with Crippen molar-refractivity contribution in [3.8, 4) is 5.75 Å². The number of imide groups is 2. The van der Waals surface area contributed by atoms with E-state index in [1.807, 2.05) is 18.2 Å². The molecule has 27 heavy (non-hydrogen) atoms. The van der Waals surface area contributed by atoms with Crippen molar-refractivity contribution in [1.82, 2.24) is 5.32 Å². The summed E-state index contributed by atoms with van der Waals surface area (Å²) in [7, 11) is 1.55. The molecule has 0 saturated carbocycles. The minimum atomic E-state index is -1.20. The van der Waals surface area contributed by atoms with Crippen molar-refractivity contribution in [2.75, 3.05) is 12.0 Å². The maximum atomic E-state index is 12.7. The lowest BCUT2D eigenvalue weighted by Crippen LogP contribution is -2.58. The molecule has 0 bridgehead atoms. The van der Waals surface area contributed by atoms with Gasteiger partial charge in [0, 0.05) is 16.8 Å². The third kappa shape index (κ3) is 3.98. The Morgan fingerprint density at radius 2 is 1.85 bits per heavy atom. The number of barbiturate groups is 1. The molecule has 3 rings (SSSR count). The lowest BCUT2D eigenvalue weighted by atomic mass is 10.1. The predicted molar refractivity (Wildman–Crippen MR) is 101 cm³/mol. The van der Waals surface area contributed by atoms with E-state index >= 15 is 0 Å². The van der Waals surface area contributed by atoms with Crippen LogP contribution in [-0.4, -0.2) is 31.2 Å². The second-order valence-corrected chi connectivity index (χ2v) is 6.16. The first-order valence-electron chi connectivity index (χ1n) is 8.07. The quantitative estimate of drug-likeness (QED) is 0.633. The minimum Gasteiger partial charge on any atom is -0.496 e. The average Bonchev–Trinajstić information content (AvgIpc) is 2.66. The summed E-state index contributed by atoms with van der Waals surface area (Å²) in [6.07, 6.45) is 1.25. The molecule has 1 heterocycles. The van der Waals surface area contributed by atoms with Crippen molar-refractivity contribution < 1.29 is 19.1 Å². The Hall–Kier alpha value is -3.19. The van der Waals surface area contributed by atoms with Gasteiger partial charge in [-0.2, -0.15) is 0 Å². The number of aliphatic imine (C=N–C) groups is 1. The van der Waals surface area contributed by atoms with Crippen LogP contribution in [0.5, 0.6) is 5.75 Å². The molecule has 1 aliphatic rings. The van der Waals surface area contributed by atoms with Gasteiger partial charge in [-0.15, -0.1) is 0 Å². The van der Waals surface area contributed by atoms with Gasteiger partial charge in [0.2, 0.25) is 5.91 Å². The number of rotatable bonds is 5. The number of para-hydroxylation sites is 1. The molecule has 0 unspecified atom stereocenters. The van der Waals surface area contributed by atoms with E-state index in [2.05, 4.69) is 10.3 Å². The second-order valence-electron chi connectivity index (χ2n) is 5.72. The van der Waals surface area contributed by atoms with Crippen LogP contribution in [-0.2, 0) is 16.1 Å². The lowest BCUT2D eigenvalue weighted by Gasteiger charge is -2.28. The van der Waals surface area contributed by atoms with Gasteiger partial charge in [-0.1, -0.05) is 29.8 Å². The number of carbonyl (C=O) groups is 3. The monoisotopic (exact) mass is 385 g/mol. The predicted octanol–water partition coefficient (Wildman–Crippen LogP) is 2.82. The molecule has 7 nitrogen and oxygen atoms in total. The van der Waals surface area contributed by atoms with Crippen LogP contribution in [0.15, 0.2) is 53.5 Å². The van der Waals surface area contributed by atoms with E-state index in [-0.39, 0.29) is 6.54 Å². The lowest BCUT2D eigenvalue weighted by molar-refractivity contribution is -0.131. The fraction of sp³-hybridized carbons (Fsp3) is 0.158. The fourth-order valence-electron chi connectivity index (χ4n) is 2.65. The highest BCUT2D eigenvalue weighted by Gasteiger charge is 2.40. The van der Waals surface area contributed by atoms with E-state index in [4.69, 9.17) is 16.3 Å². The molecule has 0 aliphatic carbocycles. The summed E-state index contributed by atoms with van der Waals surface area (Å²) in [5.74, 6) is -1.92. The Balaban J connectivity index is 1.80. The fourth-order valence-corrected chi connectivity index (χ4v) is 2.77. The molecular weight excluding hydrogens is 370 g/mol. The van der Waals surface area contributed by atoms with E-state index in [1.54, 1.807) is 25.3 Å². The summed E-state index contributed by atoms with van der Waals surface area (Å²) in [6, 6.07) is 12.7. The summed E-state index contributed by atoms with van der Waals surface area (Å²) >= 11 is 5.84.